The molecular weight excluding hydrogens is 371 g/mol. The molecule has 6 heteroatoms. The van der Waals surface area contributed by atoms with Crippen molar-refractivity contribution < 1.29 is 9.59 Å². The minimum Gasteiger partial charge on any atom is -0.341 e. The van der Waals surface area contributed by atoms with Gasteiger partial charge in [-0.15, -0.1) is 0 Å². The van der Waals surface area contributed by atoms with Crippen LogP contribution < -0.4 is 0 Å². The zero-order chi connectivity index (χ0) is 18.5. The predicted octanol–water partition coefficient (Wildman–Crippen LogP) is 3.91. The molecule has 1 aliphatic rings. The summed E-state index contributed by atoms with van der Waals surface area (Å²) in [6.45, 7) is 2.31. The Kier molecular flexibility index (Phi) is 6.17. The van der Waals surface area contributed by atoms with Crippen LogP contribution >= 0.6 is 23.2 Å². The first-order valence-corrected chi connectivity index (χ1v) is 9.36. The van der Waals surface area contributed by atoms with Crippen LogP contribution in [0.25, 0.3) is 0 Å². The molecule has 0 unspecified atom stereocenters. The smallest absolute Gasteiger partial charge is 0.255 e. The van der Waals surface area contributed by atoms with Crippen LogP contribution in [0.4, 0.5) is 0 Å². The van der Waals surface area contributed by atoms with Gasteiger partial charge in [-0.05, 0) is 36.2 Å². The van der Waals surface area contributed by atoms with Crippen LogP contribution in [0, 0.1) is 0 Å². The summed E-state index contributed by atoms with van der Waals surface area (Å²) in [6.07, 6.45) is 1.10. The van der Waals surface area contributed by atoms with Crippen LogP contribution in [0.3, 0.4) is 0 Å². The summed E-state index contributed by atoms with van der Waals surface area (Å²) in [6, 6.07) is 14.4. The molecule has 2 aromatic carbocycles. The number of amides is 2. The molecule has 1 fully saturated rings. The maximum atomic E-state index is 12.7. The highest BCUT2D eigenvalue weighted by Crippen LogP contribution is 2.18. The molecule has 1 heterocycles. The fourth-order valence-corrected chi connectivity index (χ4v) is 3.41. The van der Waals surface area contributed by atoms with Crippen molar-refractivity contribution in [3.63, 3.8) is 0 Å². The lowest BCUT2D eigenvalue weighted by atomic mass is 10.1. The fourth-order valence-electron chi connectivity index (χ4n) is 3.06. The molecule has 2 amide bonds. The average Bonchev–Trinajstić information content (AvgIpc) is 2.90. The van der Waals surface area contributed by atoms with Gasteiger partial charge >= 0.3 is 0 Å². The second kappa shape index (κ2) is 8.56. The highest BCUT2D eigenvalue weighted by Gasteiger charge is 2.23. The molecule has 0 N–H and O–H groups in total. The second-order valence-corrected chi connectivity index (χ2v) is 7.15. The monoisotopic (exact) mass is 390 g/mol. The third-order valence-electron chi connectivity index (χ3n) is 4.51. The Hall–Kier alpha value is -2.04. The first-order chi connectivity index (χ1) is 12.5. The highest BCUT2D eigenvalue weighted by molar-refractivity contribution is 6.33. The molecule has 0 bridgehead atoms. The average molecular weight is 391 g/mol. The van der Waals surface area contributed by atoms with Gasteiger partial charge in [0.15, 0.2) is 0 Å². The van der Waals surface area contributed by atoms with Crippen LogP contribution in [-0.2, 0) is 11.2 Å². The van der Waals surface area contributed by atoms with Crippen molar-refractivity contribution in [2.75, 3.05) is 26.2 Å². The fraction of sp³-hybridized carbons (Fsp3) is 0.300. The molecule has 26 heavy (non-hydrogen) atoms. The summed E-state index contributed by atoms with van der Waals surface area (Å²) in [5.74, 6) is -0.0121. The van der Waals surface area contributed by atoms with Gasteiger partial charge in [-0.25, -0.2) is 0 Å². The van der Waals surface area contributed by atoms with Crippen molar-refractivity contribution in [3.8, 4) is 0 Å². The van der Waals surface area contributed by atoms with E-state index in [1.807, 2.05) is 17.0 Å². The quantitative estimate of drug-likeness (QED) is 0.796. The largest absolute Gasteiger partial charge is 0.341 e. The lowest BCUT2D eigenvalue weighted by Crippen LogP contribution is -2.38. The predicted molar refractivity (Wildman–Crippen MR) is 104 cm³/mol. The summed E-state index contributed by atoms with van der Waals surface area (Å²) < 4.78 is 0. The standard InChI is InChI=1S/C20H20Cl2N2O2/c21-16-8-6-15(7-9-16)14-19(25)23-10-3-11-24(13-12-23)20(26)17-4-1-2-5-18(17)22/h1-2,4-9H,3,10-14H2. The van der Waals surface area contributed by atoms with E-state index in [0.717, 1.165) is 12.0 Å². The second-order valence-electron chi connectivity index (χ2n) is 6.31. The number of benzene rings is 2. The first-order valence-electron chi connectivity index (χ1n) is 8.60. The minimum atomic E-state index is -0.0809. The summed E-state index contributed by atoms with van der Waals surface area (Å²) >= 11 is 12.0. The van der Waals surface area contributed by atoms with Gasteiger partial charge in [0.25, 0.3) is 5.91 Å². The van der Waals surface area contributed by atoms with Crippen LogP contribution in [0.2, 0.25) is 10.0 Å². The maximum absolute atomic E-state index is 12.7. The van der Waals surface area contributed by atoms with E-state index in [4.69, 9.17) is 23.2 Å². The molecule has 0 radical (unpaired) electrons. The van der Waals surface area contributed by atoms with Crippen molar-refractivity contribution in [1.29, 1.82) is 0 Å². The van der Waals surface area contributed by atoms with Crippen molar-refractivity contribution in [2.45, 2.75) is 12.8 Å². The molecule has 136 valence electrons. The van der Waals surface area contributed by atoms with E-state index in [0.29, 0.717) is 48.2 Å². The SMILES string of the molecule is O=C(Cc1ccc(Cl)cc1)N1CCCN(C(=O)c2ccccc2Cl)CC1. The molecule has 4 nitrogen and oxygen atoms in total. The molecular formula is C20H20Cl2N2O2. The van der Waals surface area contributed by atoms with E-state index < -0.39 is 0 Å². The summed E-state index contributed by atoms with van der Waals surface area (Å²) in [7, 11) is 0. The van der Waals surface area contributed by atoms with Gasteiger partial charge in [0, 0.05) is 31.2 Å². The molecule has 0 atom stereocenters. The Morgan fingerprint density at radius 2 is 1.50 bits per heavy atom. The first kappa shape index (κ1) is 18.7. The van der Waals surface area contributed by atoms with Crippen LogP contribution in [0.15, 0.2) is 48.5 Å². The number of carbonyl (C=O) groups is 2. The summed E-state index contributed by atoms with van der Waals surface area (Å²) in [4.78, 5) is 28.9. The molecule has 2 aromatic rings. The molecule has 1 saturated heterocycles. The normalized spacial score (nSPS) is 14.8. The van der Waals surface area contributed by atoms with E-state index in [1.54, 1.807) is 41.3 Å². The van der Waals surface area contributed by atoms with Gasteiger partial charge in [0.2, 0.25) is 5.91 Å². The zero-order valence-corrected chi connectivity index (χ0v) is 15.8. The van der Waals surface area contributed by atoms with Gasteiger partial charge in [0.1, 0.15) is 0 Å². The van der Waals surface area contributed by atoms with Gasteiger partial charge in [-0.2, -0.15) is 0 Å². The van der Waals surface area contributed by atoms with E-state index in [2.05, 4.69) is 0 Å². The number of hydrogen-bond acceptors (Lipinski definition) is 2. The van der Waals surface area contributed by atoms with Gasteiger partial charge in [-0.1, -0.05) is 47.5 Å². The Balaban J connectivity index is 1.61. The lowest BCUT2D eigenvalue weighted by Gasteiger charge is -2.22. The number of carbonyl (C=O) groups excluding carboxylic acids is 2. The molecule has 0 spiro atoms. The van der Waals surface area contributed by atoms with Crippen molar-refractivity contribution in [2.24, 2.45) is 0 Å². The van der Waals surface area contributed by atoms with Crippen LogP contribution in [0.5, 0.6) is 0 Å². The van der Waals surface area contributed by atoms with Gasteiger partial charge < -0.3 is 9.80 Å². The molecule has 3 rings (SSSR count). The van der Waals surface area contributed by atoms with E-state index in [1.165, 1.54) is 0 Å². The Bertz CT molecular complexity index is 793. The van der Waals surface area contributed by atoms with Crippen LogP contribution in [0.1, 0.15) is 22.3 Å². The van der Waals surface area contributed by atoms with E-state index in [9.17, 15) is 9.59 Å². The number of halogens is 2. The number of hydrogen-bond donors (Lipinski definition) is 0. The van der Waals surface area contributed by atoms with E-state index in [-0.39, 0.29) is 11.8 Å². The van der Waals surface area contributed by atoms with Crippen molar-refractivity contribution in [1.82, 2.24) is 9.80 Å². The molecule has 0 aliphatic carbocycles. The van der Waals surface area contributed by atoms with E-state index >= 15 is 0 Å². The minimum absolute atomic E-state index is 0.0689. The number of nitrogens with zero attached hydrogens (tertiary/aromatic N) is 2. The van der Waals surface area contributed by atoms with Gasteiger partial charge in [0.05, 0.1) is 17.0 Å². The topological polar surface area (TPSA) is 40.6 Å². The Morgan fingerprint density at radius 1 is 0.846 bits per heavy atom. The lowest BCUT2D eigenvalue weighted by molar-refractivity contribution is -0.130. The zero-order valence-electron chi connectivity index (χ0n) is 14.3. The van der Waals surface area contributed by atoms with Crippen LogP contribution in [-0.4, -0.2) is 47.8 Å². The maximum Gasteiger partial charge on any atom is 0.255 e. The number of rotatable bonds is 3. The Labute approximate surface area is 163 Å². The third kappa shape index (κ3) is 4.57. The molecule has 0 saturated carbocycles. The van der Waals surface area contributed by atoms with Crippen molar-refractivity contribution >= 4 is 35.0 Å². The summed E-state index contributed by atoms with van der Waals surface area (Å²) in [5.41, 5.74) is 1.45. The highest BCUT2D eigenvalue weighted by atomic mass is 35.5. The molecule has 0 aromatic heterocycles. The Morgan fingerprint density at radius 3 is 2.23 bits per heavy atom. The van der Waals surface area contributed by atoms with Gasteiger partial charge in [-0.3, -0.25) is 9.59 Å². The molecule has 1 aliphatic heterocycles. The third-order valence-corrected chi connectivity index (χ3v) is 5.09. The summed E-state index contributed by atoms with van der Waals surface area (Å²) in [5, 5.41) is 1.11. The van der Waals surface area contributed by atoms with Crippen molar-refractivity contribution in [3.05, 3.63) is 69.7 Å².